The lowest BCUT2D eigenvalue weighted by Gasteiger charge is -2.22. The lowest BCUT2D eigenvalue weighted by Crippen LogP contribution is -2.32. The third-order valence-corrected chi connectivity index (χ3v) is 4.60. The van der Waals surface area contributed by atoms with Gasteiger partial charge in [0.25, 0.3) is 5.91 Å². The highest BCUT2D eigenvalue weighted by Gasteiger charge is 2.20. The number of fused-ring (bicyclic) bond motifs is 1. The van der Waals surface area contributed by atoms with Gasteiger partial charge < -0.3 is 9.47 Å². The Morgan fingerprint density at radius 3 is 2.78 bits per heavy atom. The maximum absolute atomic E-state index is 13.4. The Morgan fingerprint density at radius 1 is 1.26 bits per heavy atom. The number of aromatic nitrogens is 3. The van der Waals surface area contributed by atoms with Gasteiger partial charge in [0.2, 0.25) is 0 Å². The molecule has 1 amide bonds. The molecule has 7 heteroatoms. The molecule has 5 nitrogen and oxygen atoms in total. The summed E-state index contributed by atoms with van der Waals surface area (Å²) < 4.78 is 15.5. The van der Waals surface area contributed by atoms with Crippen molar-refractivity contribution in [3.05, 3.63) is 58.8 Å². The number of benzene rings is 1. The Morgan fingerprint density at radius 2 is 2.07 bits per heavy atom. The maximum atomic E-state index is 13.4. The highest BCUT2D eigenvalue weighted by molar-refractivity contribution is 6.31. The topological polar surface area (TPSA) is 51.0 Å². The van der Waals surface area contributed by atoms with Crippen LogP contribution in [0.25, 0.3) is 11.2 Å². The Labute approximate surface area is 162 Å². The number of hydrogen-bond acceptors (Lipinski definition) is 3. The Kier molecular flexibility index (Phi) is 6.06. The average Bonchev–Trinajstić information content (AvgIpc) is 3.01. The number of carbonyl (C=O) groups is 1. The van der Waals surface area contributed by atoms with E-state index in [4.69, 9.17) is 11.6 Å². The van der Waals surface area contributed by atoms with Crippen molar-refractivity contribution < 1.29 is 9.18 Å². The van der Waals surface area contributed by atoms with Crippen LogP contribution in [-0.4, -0.2) is 31.9 Å². The highest BCUT2D eigenvalue weighted by Crippen LogP contribution is 2.20. The van der Waals surface area contributed by atoms with Gasteiger partial charge in [-0.05, 0) is 43.2 Å². The van der Waals surface area contributed by atoms with E-state index in [-0.39, 0.29) is 10.9 Å². The first kappa shape index (κ1) is 19.3. The molecular formula is C20H22ClFN4O. The molecular weight excluding hydrogens is 367 g/mol. The fraction of sp³-hybridized carbons (Fsp3) is 0.350. The molecule has 142 valence electrons. The van der Waals surface area contributed by atoms with Crippen LogP contribution in [0.4, 0.5) is 4.39 Å². The summed E-state index contributed by atoms with van der Waals surface area (Å²) in [6.07, 6.45) is 3.48. The van der Waals surface area contributed by atoms with Crippen LogP contribution in [0.5, 0.6) is 0 Å². The number of halogens is 2. The van der Waals surface area contributed by atoms with Crippen molar-refractivity contribution in [2.75, 3.05) is 6.54 Å². The van der Waals surface area contributed by atoms with Gasteiger partial charge in [0.1, 0.15) is 17.2 Å². The number of imidazole rings is 1. The summed E-state index contributed by atoms with van der Waals surface area (Å²) in [6, 6.07) is 7.83. The summed E-state index contributed by atoms with van der Waals surface area (Å²) in [5.41, 5.74) is 2.00. The van der Waals surface area contributed by atoms with E-state index in [1.807, 2.05) is 19.1 Å². The van der Waals surface area contributed by atoms with E-state index in [0.29, 0.717) is 18.7 Å². The van der Waals surface area contributed by atoms with E-state index in [1.165, 1.54) is 18.2 Å². The fourth-order valence-electron chi connectivity index (χ4n) is 3.09. The van der Waals surface area contributed by atoms with Gasteiger partial charge in [0.15, 0.2) is 5.65 Å². The zero-order chi connectivity index (χ0) is 19.4. The molecule has 3 rings (SSSR count). The van der Waals surface area contributed by atoms with Crippen LogP contribution < -0.4 is 0 Å². The molecule has 2 aromatic heterocycles. The first-order valence-electron chi connectivity index (χ1n) is 9.09. The molecule has 0 unspecified atom stereocenters. The van der Waals surface area contributed by atoms with Gasteiger partial charge in [-0.1, -0.05) is 25.4 Å². The molecule has 0 atom stereocenters. The number of aryl methyl sites for hydroxylation is 1. The third kappa shape index (κ3) is 4.11. The van der Waals surface area contributed by atoms with E-state index in [2.05, 4.69) is 21.5 Å². The molecule has 0 spiro atoms. The second-order valence-corrected chi connectivity index (χ2v) is 6.79. The predicted molar refractivity (Wildman–Crippen MR) is 104 cm³/mol. The minimum Gasteiger partial charge on any atom is -0.331 e. The summed E-state index contributed by atoms with van der Waals surface area (Å²) in [5, 5.41) is -0.0558. The monoisotopic (exact) mass is 388 g/mol. The van der Waals surface area contributed by atoms with Gasteiger partial charge in [0, 0.05) is 24.8 Å². The van der Waals surface area contributed by atoms with Crippen molar-refractivity contribution in [1.82, 2.24) is 19.4 Å². The molecule has 0 aliphatic rings. The Hall–Kier alpha value is -2.47. The number of carbonyl (C=O) groups excluding carboxylic acids is 1. The Balaban J connectivity index is 1.94. The quantitative estimate of drug-likeness (QED) is 0.590. The van der Waals surface area contributed by atoms with E-state index < -0.39 is 5.82 Å². The van der Waals surface area contributed by atoms with E-state index in [1.54, 1.807) is 11.1 Å². The SMILES string of the molecule is CCCN(Cc1nc2cccnc2n1CCC)C(=O)c1ccc(F)c(Cl)c1. The molecule has 0 N–H and O–H groups in total. The van der Waals surface area contributed by atoms with Gasteiger partial charge in [-0.3, -0.25) is 4.79 Å². The van der Waals surface area contributed by atoms with Crippen LogP contribution in [0.2, 0.25) is 5.02 Å². The van der Waals surface area contributed by atoms with Crippen LogP contribution >= 0.6 is 11.6 Å². The normalized spacial score (nSPS) is 11.1. The van der Waals surface area contributed by atoms with Crippen molar-refractivity contribution in [1.29, 1.82) is 0 Å². The van der Waals surface area contributed by atoms with E-state index >= 15 is 0 Å². The molecule has 0 saturated carbocycles. The number of pyridine rings is 1. The standard InChI is InChI=1S/C20H22ClFN4O/c1-3-10-25(20(27)14-7-8-16(22)15(21)12-14)13-18-24-17-6-5-9-23-19(17)26(18)11-4-2/h5-9,12H,3-4,10-11,13H2,1-2H3. The lowest BCUT2D eigenvalue weighted by atomic mass is 10.2. The third-order valence-electron chi connectivity index (χ3n) is 4.31. The van der Waals surface area contributed by atoms with Gasteiger partial charge in [-0.2, -0.15) is 0 Å². The predicted octanol–water partition coefficient (Wildman–Crippen LogP) is 4.69. The molecule has 0 aliphatic heterocycles. The molecule has 0 aliphatic carbocycles. The first-order chi connectivity index (χ1) is 13.0. The van der Waals surface area contributed by atoms with Gasteiger partial charge >= 0.3 is 0 Å². The maximum Gasteiger partial charge on any atom is 0.254 e. The van der Waals surface area contributed by atoms with Gasteiger partial charge in [0.05, 0.1) is 11.6 Å². The van der Waals surface area contributed by atoms with Gasteiger partial charge in [-0.25, -0.2) is 14.4 Å². The van der Waals surface area contributed by atoms with Crippen LogP contribution in [0.3, 0.4) is 0 Å². The van der Waals surface area contributed by atoms with Crippen LogP contribution in [-0.2, 0) is 13.1 Å². The van der Waals surface area contributed by atoms with E-state index in [0.717, 1.165) is 36.4 Å². The summed E-state index contributed by atoms with van der Waals surface area (Å²) in [7, 11) is 0. The molecule has 0 radical (unpaired) electrons. The summed E-state index contributed by atoms with van der Waals surface area (Å²) in [6.45, 7) is 5.80. The highest BCUT2D eigenvalue weighted by atomic mass is 35.5. The van der Waals surface area contributed by atoms with Crippen LogP contribution in [0, 0.1) is 5.82 Å². The number of hydrogen-bond donors (Lipinski definition) is 0. The fourth-order valence-corrected chi connectivity index (χ4v) is 3.27. The average molecular weight is 389 g/mol. The number of amides is 1. The van der Waals surface area contributed by atoms with Crippen molar-refractivity contribution in [2.45, 2.75) is 39.8 Å². The summed E-state index contributed by atoms with van der Waals surface area (Å²) in [4.78, 5) is 23.8. The van der Waals surface area contributed by atoms with Crippen LogP contribution in [0.1, 0.15) is 42.9 Å². The molecule has 0 fully saturated rings. The minimum absolute atomic E-state index is 0.0558. The zero-order valence-corrected chi connectivity index (χ0v) is 16.2. The molecule has 3 aromatic rings. The van der Waals surface area contributed by atoms with Crippen molar-refractivity contribution in [3.63, 3.8) is 0 Å². The second kappa shape index (κ2) is 8.48. The second-order valence-electron chi connectivity index (χ2n) is 6.38. The number of rotatable bonds is 7. The van der Waals surface area contributed by atoms with Crippen molar-refractivity contribution in [3.8, 4) is 0 Å². The number of nitrogens with zero attached hydrogens (tertiary/aromatic N) is 4. The lowest BCUT2D eigenvalue weighted by molar-refractivity contribution is 0.0737. The van der Waals surface area contributed by atoms with Crippen LogP contribution in [0.15, 0.2) is 36.5 Å². The minimum atomic E-state index is -0.536. The first-order valence-corrected chi connectivity index (χ1v) is 9.47. The molecule has 1 aromatic carbocycles. The molecule has 27 heavy (non-hydrogen) atoms. The summed E-state index contributed by atoms with van der Waals surface area (Å²) in [5.74, 6) is 0.0634. The van der Waals surface area contributed by atoms with E-state index in [9.17, 15) is 9.18 Å². The Bertz CT molecular complexity index is 956. The van der Waals surface area contributed by atoms with Crippen molar-refractivity contribution in [2.24, 2.45) is 0 Å². The smallest absolute Gasteiger partial charge is 0.254 e. The molecule has 0 saturated heterocycles. The molecule has 2 heterocycles. The summed E-state index contributed by atoms with van der Waals surface area (Å²) >= 11 is 5.85. The van der Waals surface area contributed by atoms with Gasteiger partial charge in [-0.15, -0.1) is 0 Å². The van der Waals surface area contributed by atoms with Crippen molar-refractivity contribution >= 4 is 28.7 Å². The molecule has 0 bridgehead atoms. The zero-order valence-electron chi connectivity index (χ0n) is 15.5. The largest absolute Gasteiger partial charge is 0.331 e.